The van der Waals surface area contributed by atoms with Gasteiger partial charge in [0.2, 0.25) is 0 Å². The summed E-state index contributed by atoms with van der Waals surface area (Å²) < 4.78 is 11.6. The highest BCUT2D eigenvalue weighted by molar-refractivity contribution is 5.82. The summed E-state index contributed by atoms with van der Waals surface area (Å²) >= 11 is 0. The van der Waals surface area contributed by atoms with Crippen LogP contribution in [0.4, 0.5) is 0 Å². The molecule has 1 saturated carbocycles. The smallest absolute Gasteiger partial charge is 0.179 e. The van der Waals surface area contributed by atoms with E-state index >= 15 is 0 Å². The number of methoxy groups -OCH3 is 2. The maximum Gasteiger partial charge on any atom is 0.179 e. The highest BCUT2D eigenvalue weighted by atomic mass is 16.5. The third-order valence-corrected chi connectivity index (χ3v) is 6.52. The standard InChI is InChI=1S/C19H22N2O3/c1-23-15-4-3-13-9-17-19(24-2)6-5-14(22)11-18(19,16(13)10-15)7-8-21(17)12-20/h3-4,10,17H,5-9,11H2,1-2H3/t17-,18-,19?/m1/s1. The van der Waals surface area contributed by atoms with E-state index in [0.717, 1.165) is 18.6 Å². The van der Waals surface area contributed by atoms with Crippen LogP contribution in [0.3, 0.4) is 0 Å². The van der Waals surface area contributed by atoms with Crippen molar-refractivity contribution >= 4 is 5.78 Å². The van der Waals surface area contributed by atoms with Crippen LogP contribution >= 0.6 is 0 Å². The molecule has 1 saturated heterocycles. The molecule has 3 atom stereocenters. The van der Waals surface area contributed by atoms with Gasteiger partial charge in [-0.2, -0.15) is 5.26 Å². The Morgan fingerprint density at radius 2 is 2.17 bits per heavy atom. The molecule has 24 heavy (non-hydrogen) atoms. The molecule has 0 aromatic heterocycles. The lowest BCUT2D eigenvalue weighted by Gasteiger charge is -2.63. The van der Waals surface area contributed by atoms with E-state index in [0.29, 0.717) is 31.6 Å². The molecule has 1 unspecified atom stereocenters. The number of piperidine rings is 1. The number of likely N-dealkylation sites (tertiary alicyclic amines) is 1. The van der Waals surface area contributed by atoms with Crippen molar-refractivity contribution in [3.8, 4) is 11.9 Å². The van der Waals surface area contributed by atoms with Gasteiger partial charge in [-0.25, -0.2) is 0 Å². The molecule has 126 valence electrons. The highest BCUT2D eigenvalue weighted by Crippen LogP contribution is 2.59. The minimum atomic E-state index is -0.478. The summed E-state index contributed by atoms with van der Waals surface area (Å²) in [6.07, 6.45) is 5.60. The first-order chi connectivity index (χ1) is 11.6. The molecule has 1 heterocycles. The molecule has 5 nitrogen and oxygen atoms in total. The van der Waals surface area contributed by atoms with Gasteiger partial charge in [0.05, 0.1) is 18.8 Å². The summed E-state index contributed by atoms with van der Waals surface area (Å²) in [5, 5.41) is 9.62. The summed E-state index contributed by atoms with van der Waals surface area (Å²) in [6.45, 7) is 0.677. The van der Waals surface area contributed by atoms with E-state index in [1.165, 1.54) is 11.1 Å². The number of nitrogens with zero attached hydrogens (tertiary/aromatic N) is 2. The van der Waals surface area contributed by atoms with Crippen molar-refractivity contribution in [3.05, 3.63) is 29.3 Å². The molecule has 5 heteroatoms. The van der Waals surface area contributed by atoms with Crippen molar-refractivity contribution in [2.24, 2.45) is 0 Å². The minimum Gasteiger partial charge on any atom is -0.497 e. The third-order valence-electron chi connectivity index (χ3n) is 6.52. The average Bonchev–Trinajstić information content (AvgIpc) is 2.61. The molecule has 2 bridgehead atoms. The maximum atomic E-state index is 12.4. The SMILES string of the molecule is COc1ccc2c(c1)[C@]13CCN(C#N)[C@H](C2)C1(OC)CCC(=O)C3. The Hall–Kier alpha value is -2.06. The zero-order valence-corrected chi connectivity index (χ0v) is 14.2. The number of hydrogen-bond donors (Lipinski definition) is 0. The van der Waals surface area contributed by atoms with Crippen molar-refractivity contribution in [2.45, 2.75) is 49.2 Å². The predicted octanol–water partition coefficient (Wildman–Crippen LogP) is 2.18. The zero-order valence-electron chi connectivity index (χ0n) is 14.2. The van der Waals surface area contributed by atoms with Crippen LogP contribution in [0.1, 0.15) is 36.8 Å². The van der Waals surface area contributed by atoms with E-state index in [2.05, 4.69) is 18.3 Å². The lowest BCUT2D eigenvalue weighted by molar-refractivity contribution is -0.178. The van der Waals surface area contributed by atoms with Crippen molar-refractivity contribution in [2.75, 3.05) is 20.8 Å². The fourth-order valence-electron chi connectivity index (χ4n) is 5.44. The second-order valence-electron chi connectivity index (χ2n) is 7.18. The normalized spacial score (nSPS) is 34.1. The van der Waals surface area contributed by atoms with Gasteiger partial charge in [0, 0.05) is 31.9 Å². The molecular weight excluding hydrogens is 304 g/mol. The van der Waals surface area contributed by atoms with Crippen LogP contribution in [0, 0.1) is 11.5 Å². The zero-order chi connectivity index (χ0) is 16.9. The fourth-order valence-corrected chi connectivity index (χ4v) is 5.44. The third kappa shape index (κ3) is 1.75. The molecule has 2 fully saturated rings. The lowest BCUT2D eigenvalue weighted by Crippen LogP contribution is -2.73. The van der Waals surface area contributed by atoms with E-state index in [4.69, 9.17) is 9.47 Å². The summed E-state index contributed by atoms with van der Waals surface area (Å²) in [5.74, 6) is 1.11. The fraction of sp³-hybridized carbons (Fsp3) is 0.579. The average molecular weight is 326 g/mol. The van der Waals surface area contributed by atoms with Gasteiger partial charge >= 0.3 is 0 Å². The van der Waals surface area contributed by atoms with E-state index in [1.54, 1.807) is 14.2 Å². The Morgan fingerprint density at radius 1 is 1.33 bits per heavy atom. The first kappa shape index (κ1) is 15.5. The molecule has 1 aromatic carbocycles. The van der Waals surface area contributed by atoms with Gasteiger partial charge in [0.1, 0.15) is 11.5 Å². The molecule has 2 aliphatic carbocycles. The van der Waals surface area contributed by atoms with Crippen LogP contribution < -0.4 is 4.74 Å². The van der Waals surface area contributed by atoms with Gasteiger partial charge < -0.3 is 14.4 Å². The molecule has 1 aliphatic heterocycles. The number of carbonyl (C=O) groups is 1. The molecule has 3 aliphatic rings. The van der Waals surface area contributed by atoms with Gasteiger partial charge in [-0.15, -0.1) is 0 Å². The number of Topliss-reactive ketones (excluding diaryl/α,β-unsaturated/α-hetero) is 1. The Bertz CT molecular complexity index is 741. The number of rotatable bonds is 2. The van der Waals surface area contributed by atoms with E-state index < -0.39 is 5.60 Å². The summed E-state index contributed by atoms with van der Waals surface area (Å²) in [5.41, 5.74) is 1.57. The number of hydrogen-bond acceptors (Lipinski definition) is 5. The van der Waals surface area contributed by atoms with Crippen LogP contribution in [0.25, 0.3) is 0 Å². The first-order valence-electron chi connectivity index (χ1n) is 8.51. The van der Waals surface area contributed by atoms with Crippen LogP contribution in [0.5, 0.6) is 5.75 Å². The second-order valence-corrected chi connectivity index (χ2v) is 7.18. The highest BCUT2D eigenvalue weighted by Gasteiger charge is 2.66. The number of benzene rings is 1. The van der Waals surface area contributed by atoms with Crippen molar-refractivity contribution in [1.82, 2.24) is 4.90 Å². The molecular formula is C19H22N2O3. The second kappa shape index (κ2) is 5.22. The van der Waals surface area contributed by atoms with Crippen LogP contribution in [-0.2, 0) is 21.4 Å². The lowest BCUT2D eigenvalue weighted by atomic mass is 9.49. The Labute approximate surface area is 142 Å². The van der Waals surface area contributed by atoms with Crippen molar-refractivity contribution in [3.63, 3.8) is 0 Å². The molecule has 0 radical (unpaired) electrons. The van der Waals surface area contributed by atoms with Gasteiger partial charge in [-0.1, -0.05) is 6.07 Å². The predicted molar refractivity (Wildman–Crippen MR) is 87.7 cm³/mol. The first-order valence-corrected chi connectivity index (χ1v) is 8.51. The summed E-state index contributed by atoms with van der Waals surface area (Å²) in [6, 6.07) is 6.13. The number of nitriles is 1. The van der Waals surface area contributed by atoms with E-state index in [-0.39, 0.29) is 11.5 Å². The van der Waals surface area contributed by atoms with Crippen molar-refractivity contribution < 1.29 is 14.3 Å². The number of carbonyl (C=O) groups excluding carboxylic acids is 1. The van der Waals surface area contributed by atoms with E-state index in [1.807, 2.05) is 11.0 Å². The Kier molecular flexibility index (Phi) is 3.36. The summed E-state index contributed by atoms with van der Waals surface area (Å²) in [4.78, 5) is 14.3. The van der Waals surface area contributed by atoms with Gasteiger partial charge in [-0.3, -0.25) is 4.79 Å². The molecule has 4 rings (SSSR count). The van der Waals surface area contributed by atoms with Crippen LogP contribution in [0.2, 0.25) is 0 Å². The monoisotopic (exact) mass is 326 g/mol. The molecule has 0 spiro atoms. The Balaban J connectivity index is 1.98. The topological polar surface area (TPSA) is 62.6 Å². The molecule has 0 amide bonds. The van der Waals surface area contributed by atoms with E-state index in [9.17, 15) is 10.1 Å². The van der Waals surface area contributed by atoms with Gasteiger partial charge in [0.25, 0.3) is 0 Å². The quantitative estimate of drug-likeness (QED) is 0.780. The summed E-state index contributed by atoms with van der Waals surface area (Å²) in [7, 11) is 3.41. The number of fused-ring (bicyclic) bond motifs is 1. The minimum absolute atomic E-state index is 0.00440. The van der Waals surface area contributed by atoms with Gasteiger partial charge in [0.15, 0.2) is 6.19 Å². The van der Waals surface area contributed by atoms with Crippen LogP contribution in [0.15, 0.2) is 18.2 Å². The molecule has 0 N–H and O–H groups in total. The van der Waals surface area contributed by atoms with Crippen molar-refractivity contribution in [1.29, 1.82) is 5.26 Å². The van der Waals surface area contributed by atoms with Gasteiger partial charge in [-0.05, 0) is 42.5 Å². The number of ether oxygens (including phenoxy) is 2. The largest absolute Gasteiger partial charge is 0.497 e. The number of ketones is 1. The Morgan fingerprint density at radius 3 is 2.88 bits per heavy atom. The maximum absolute atomic E-state index is 12.4. The molecule has 1 aromatic rings. The van der Waals surface area contributed by atoms with Crippen LogP contribution in [-0.4, -0.2) is 43.1 Å².